The van der Waals surface area contributed by atoms with Gasteiger partial charge in [0.2, 0.25) is 0 Å². The number of benzene rings is 2. The Morgan fingerprint density at radius 2 is 1.68 bits per heavy atom. The van der Waals surface area contributed by atoms with Crippen LogP contribution in [-0.2, 0) is 16.0 Å². The topological polar surface area (TPSA) is 68.7 Å². The maximum atomic E-state index is 13.9. The minimum atomic E-state index is -0.455. The number of allylic oxidation sites excluding steroid dienone is 1. The molecule has 216 valence electrons. The molecule has 1 amide bonds. The number of ether oxygens (including phenoxy) is 2. The molecule has 0 N–H and O–H groups in total. The van der Waals surface area contributed by atoms with Gasteiger partial charge >= 0.3 is 5.97 Å². The van der Waals surface area contributed by atoms with Crippen molar-refractivity contribution in [1.29, 1.82) is 0 Å². The second-order valence-electron chi connectivity index (χ2n) is 12.8. The fourth-order valence-corrected chi connectivity index (χ4v) is 6.46. The van der Waals surface area contributed by atoms with Crippen molar-refractivity contribution in [2.45, 2.75) is 78.8 Å². The Hall–Kier alpha value is -3.67. The molecule has 6 heteroatoms. The van der Waals surface area contributed by atoms with Gasteiger partial charge in [-0.2, -0.15) is 0 Å². The van der Waals surface area contributed by atoms with Gasteiger partial charge in [0.1, 0.15) is 5.75 Å². The van der Waals surface area contributed by atoms with E-state index in [4.69, 9.17) is 14.5 Å². The third-order valence-electron chi connectivity index (χ3n) is 8.91. The zero-order valence-electron chi connectivity index (χ0n) is 25.2. The lowest BCUT2D eigenvalue weighted by molar-refractivity contribution is -0.140. The molecular weight excluding hydrogens is 512 g/mol. The summed E-state index contributed by atoms with van der Waals surface area (Å²) in [5, 5.41) is 0.766. The number of amides is 1. The van der Waals surface area contributed by atoms with E-state index in [1.807, 2.05) is 53.4 Å². The van der Waals surface area contributed by atoms with Crippen LogP contribution in [0.1, 0.15) is 87.5 Å². The van der Waals surface area contributed by atoms with Gasteiger partial charge in [-0.3, -0.25) is 4.79 Å². The van der Waals surface area contributed by atoms with Crippen molar-refractivity contribution in [1.82, 2.24) is 9.88 Å². The highest BCUT2D eigenvalue weighted by atomic mass is 16.5. The first-order valence-corrected chi connectivity index (χ1v) is 14.8. The Morgan fingerprint density at radius 1 is 1.00 bits per heavy atom. The Bertz CT molecular complexity index is 1460. The quantitative estimate of drug-likeness (QED) is 0.309. The van der Waals surface area contributed by atoms with Gasteiger partial charge < -0.3 is 14.4 Å². The molecule has 0 unspecified atom stereocenters. The number of hydrogen-bond acceptors (Lipinski definition) is 5. The van der Waals surface area contributed by atoms with Gasteiger partial charge in [0, 0.05) is 17.5 Å². The molecule has 41 heavy (non-hydrogen) atoms. The standard InChI is InChI=1S/C35H42N2O4/c1-22-10-9-11-23(2)37(22)31(38)21-41-34(39)32-28-12-7-8-13-30(28)36-33-25(18-24-14-16-27(40-6)17-15-24)19-26(20-29(32)33)35(3,4)5/h7-8,12-18,22-23,26H,9-11,19-21H2,1-6H3/b25-18-/t22-,23-,26-/m1/s1. The number of methoxy groups -OCH3 is 1. The number of para-hydroxylation sites is 1. The Kier molecular flexibility index (Phi) is 8.21. The van der Waals surface area contributed by atoms with Crippen LogP contribution in [0.15, 0.2) is 48.5 Å². The summed E-state index contributed by atoms with van der Waals surface area (Å²) < 4.78 is 11.2. The van der Waals surface area contributed by atoms with Crippen LogP contribution in [0.3, 0.4) is 0 Å². The fourth-order valence-electron chi connectivity index (χ4n) is 6.46. The minimum absolute atomic E-state index is 0.0139. The number of carbonyl (C=O) groups is 2. The number of rotatable bonds is 5. The average Bonchev–Trinajstić information content (AvgIpc) is 2.94. The second kappa shape index (κ2) is 11.7. The second-order valence-corrected chi connectivity index (χ2v) is 12.8. The summed E-state index contributed by atoms with van der Waals surface area (Å²) in [4.78, 5) is 34.1. The predicted octanol–water partition coefficient (Wildman–Crippen LogP) is 7.34. The van der Waals surface area contributed by atoms with Crippen LogP contribution in [0.5, 0.6) is 5.75 Å². The van der Waals surface area contributed by atoms with Gasteiger partial charge in [-0.15, -0.1) is 0 Å². The van der Waals surface area contributed by atoms with Gasteiger partial charge in [0.05, 0.1) is 23.9 Å². The molecule has 2 aromatic carbocycles. The highest BCUT2D eigenvalue weighted by Crippen LogP contribution is 2.45. The van der Waals surface area contributed by atoms with Gasteiger partial charge in [-0.25, -0.2) is 9.78 Å². The average molecular weight is 555 g/mol. The summed E-state index contributed by atoms with van der Waals surface area (Å²) in [5.74, 6) is 0.522. The van der Waals surface area contributed by atoms with Crippen LogP contribution in [0.2, 0.25) is 0 Å². The van der Waals surface area contributed by atoms with E-state index in [2.05, 4.69) is 40.7 Å². The Morgan fingerprint density at radius 3 is 2.34 bits per heavy atom. The van der Waals surface area contributed by atoms with Crippen LogP contribution < -0.4 is 4.74 Å². The van der Waals surface area contributed by atoms with Crippen LogP contribution in [0.4, 0.5) is 0 Å². The van der Waals surface area contributed by atoms with E-state index in [1.165, 1.54) is 0 Å². The molecule has 1 aliphatic carbocycles. The molecule has 5 rings (SSSR count). The molecule has 3 aromatic rings. The maximum absolute atomic E-state index is 13.9. The molecule has 2 heterocycles. The monoisotopic (exact) mass is 554 g/mol. The number of esters is 1. The van der Waals surface area contributed by atoms with Crippen molar-refractivity contribution in [2.24, 2.45) is 11.3 Å². The third-order valence-corrected chi connectivity index (χ3v) is 8.91. The van der Waals surface area contributed by atoms with E-state index in [9.17, 15) is 9.59 Å². The summed E-state index contributed by atoms with van der Waals surface area (Å²) in [6, 6.07) is 16.0. The lowest BCUT2D eigenvalue weighted by Gasteiger charge is -2.39. The third kappa shape index (κ3) is 6.02. The largest absolute Gasteiger partial charge is 0.497 e. The van der Waals surface area contributed by atoms with E-state index in [0.717, 1.165) is 71.2 Å². The van der Waals surface area contributed by atoms with Crippen LogP contribution in [-0.4, -0.2) is 47.6 Å². The summed E-state index contributed by atoms with van der Waals surface area (Å²) in [6.07, 6.45) is 6.81. The molecule has 1 aromatic heterocycles. The van der Waals surface area contributed by atoms with Gasteiger partial charge in [-0.05, 0) is 98.3 Å². The molecule has 0 radical (unpaired) electrons. The van der Waals surface area contributed by atoms with Crippen molar-refractivity contribution in [3.8, 4) is 5.75 Å². The van der Waals surface area contributed by atoms with Crippen LogP contribution >= 0.6 is 0 Å². The predicted molar refractivity (Wildman–Crippen MR) is 164 cm³/mol. The lowest BCUT2D eigenvalue weighted by atomic mass is 9.69. The molecular formula is C35H42N2O4. The normalized spacial score (nSPS) is 22.0. The molecule has 1 fully saturated rings. The van der Waals surface area contributed by atoms with Crippen LogP contribution in [0.25, 0.3) is 22.6 Å². The molecule has 2 aliphatic rings. The number of aromatic nitrogens is 1. The summed E-state index contributed by atoms with van der Waals surface area (Å²) in [5.41, 5.74) is 5.20. The van der Waals surface area contributed by atoms with Gasteiger partial charge in [0.25, 0.3) is 5.91 Å². The summed E-state index contributed by atoms with van der Waals surface area (Å²) in [7, 11) is 1.66. The van der Waals surface area contributed by atoms with Crippen molar-refractivity contribution < 1.29 is 19.1 Å². The SMILES string of the molecule is COc1ccc(/C=C2/C[C@@H](C(C)(C)C)Cc3c2nc2ccccc2c3C(=O)OCC(=O)N2[C@H](C)CCC[C@H]2C)cc1. The number of piperidine rings is 1. The number of carbonyl (C=O) groups excluding carboxylic acids is 2. The minimum Gasteiger partial charge on any atom is -0.497 e. The number of likely N-dealkylation sites (tertiary alicyclic amines) is 1. The molecule has 6 nitrogen and oxygen atoms in total. The molecule has 3 atom stereocenters. The van der Waals surface area contributed by atoms with Crippen molar-refractivity contribution in [3.63, 3.8) is 0 Å². The smallest absolute Gasteiger partial charge is 0.339 e. The zero-order valence-corrected chi connectivity index (χ0v) is 25.2. The van der Waals surface area contributed by atoms with E-state index in [1.54, 1.807) is 7.11 Å². The molecule has 1 aliphatic heterocycles. The molecule has 0 saturated carbocycles. The molecule has 0 bridgehead atoms. The number of pyridine rings is 1. The number of fused-ring (bicyclic) bond motifs is 2. The first kappa shape index (κ1) is 28.8. The van der Waals surface area contributed by atoms with Crippen LogP contribution in [0, 0.1) is 11.3 Å². The highest BCUT2D eigenvalue weighted by molar-refractivity contribution is 6.07. The summed E-state index contributed by atoms with van der Waals surface area (Å²) in [6.45, 7) is 10.6. The number of nitrogens with zero attached hydrogens (tertiary/aromatic N) is 2. The maximum Gasteiger partial charge on any atom is 0.339 e. The lowest BCUT2D eigenvalue weighted by Crippen LogP contribution is -2.49. The van der Waals surface area contributed by atoms with Crippen molar-refractivity contribution in [3.05, 3.63) is 70.9 Å². The van der Waals surface area contributed by atoms with Gasteiger partial charge in [0.15, 0.2) is 6.61 Å². The first-order valence-electron chi connectivity index (χ1n) is 14.8. The van der Waals surface area contributed by atoms with E-state index in [0.29, 0.717) is 11.5 Å². The van der Waals surface area contributed by atoms with Crippen molar-refractivity contribution >= 4 is 34.4 Å². The highest BCUT2D eigenvalue weighted by Gasteiger charge is 2.36. The summed E-state index contributed by atoms with van der Waals surface area (Å²) >= 11 is 0. The Labute approximate surface area is 243 Å². The van der Waals surface area contributed by atoms with Crippen molar-refractivity contribution in [2.75, 3.05) is 13.7 Å². The number of hydrogen-bond donors (Lipinski definition) is 0. The first-order chi connectivity index (χ1) is 19.6. The fraction of sp³-hybridized carbons (Fsp3) is 0.457. The van der Waals surface area contributed by atoms with E-state index in [-0.39, 0.29) is 30.0 Å². The zero-order chi connectivity index (χ0) is 29.3. The Balaban J connectivity index is 1.56. The van der Waals surface area contributed by atoms with Gasteiger partial charge in [-0.1, -0.05) is 51.1 Å². The molecule has 1 saturated heterocycles. The van der Waals surface area contributed by atoms with E-state index < -0.39 is 5.97 Å². The van der Waals surface area contributed by atoms with E-state index >= 15 is 0 Å². The molecule has 0 spiro atoms.